The van der Waals surface area contributed by atoms with Crippen LogP contribution in [-0.2, 0) is 28.6 Å². The fourth-order valence-electron chi connectivity index (χ4n) is 6.75. The van der Waals surface area contributed by atoms with Gasteiger partial charge < -0.3 is 14.2 Å². The number of esters is 3. The summed E-state index contributed by atoms with van der Waals surface area (Å²) < 4.78 is 16.7. The van der Waals surface area contributed by atoms with Gasteiger partial charge in [-0.25, -0.2) is 0 Å². The number of carbonyl (C=O) groups excluding carboxylic acids is 3. The molecule has 0 aromatic heterocycles. The summed E-state index contributed by atoms with van der Waals surface area (Å²) in [4.78, 5) is 37.7. The van der Waals surface area contributed by atoms with Crippen molar-refractivity contribution in [3.05, 3.63) is 0 Å². The van der Waals surface area contributed by atoms with Gasteiger partial charge in [-0.1, -0.05) is 208 Å². The Morgan fingerprint density at radius 1 is 0.365 bits per heavy atom. The molecule has 0 aliphatic carbocycles. The number of hydrogen-bond donors (Lipinski definition) is 0. The number of ether oxygens (including phenoxy) is 3. The van der Waals surface area contributed by atoms with Crippen LogP contribution < -0.4 is 0 Å². The van der Waals surface area contributed by atoms with Gasteiger partial charge in [0.15, 0.2) is 6.10 Å². The van der Waals surface area contributed by atoms with E-state index in [1.165, 1.54) is 135 Å². The van der Waals surface area contributed by atoms with E-state index in [2.05, 4.69) is 34.6 Å². The molecule has 1 atom stereocenters. The fraction of sp³-hybridized carbons (Fsp3) is 0.935. The quantitative estimate of drug-likeness (QED) is 0.0354. The van der Waals surface area contributed by atoms with Gasteiger partial charge in [0.05, 0.1) is 0 Å². The SMILES string of the molecule is CCCCCCCCCCCCCC(=O)OC[C@H](COC(=O)CCCCCCCCCCCC(C)C)OC(=O)CCCCCCCCCCC(C)C. The predicted molar refractivity (Wildman–Crippen MR) is 220 cm³/mol. The Hall–Kier alpha value is -1.59. The van der Waals surface area contributed by atoms with Crippen LogP contribution in [0.2, 0.25) is 0 Å². The smallest absolute Gasteiger partial charge is 0.306 e. The second kappa shape index (κ2) is 39.1. The van der Waals surface area contributed by atoms with Gasteiger partial charge in [-0.15, -0.1) is 0 Å². The van der Waals surface area contributed by atoms with Gasteiger partial charge in [0.1, 0.15) is 13.2 Å². The van der Waals surface area contributed by atoms with Crippen molar-refractivity contribution in [2.75, 3.05) is 13.2 Å². The van der Waals surface area contributed by atoms with Crippen LogP contribution in [0.1, 0.15) is 247 Å². The molecule has 0 saturated heterocycles. The van der Waals surface area contributed by atoms with Crippen molar-refractivity contribution >= 4 is 17.9 Å². The van der Waals surface area contributed by atoms with Crippen molar-refractivity contribution in [1.82, 2.24) is 0 Å². The maximum atomic E-state index is 12.7. The summed E-state index contributed by atoms with van der Waals surface area (Å²) in [5, 5.41) is 0. The molecule has 0 rings (SSSR count). The van der Waals surface area contributed by atoms with E-state index in [4.69, 9.17) is 14.2 Å². The summed E-state index contributed by atoms with van der Waals surface area (Å²) in [5.41, 5.74) is 0. The van der Waals surface area contributed by atoms with Gasteiger partial charge in [0, 0.05) is 19.3 Å². The summed E-state index contributed by atoms with van der Waals surface area (Å²) in [6.07, 6.45) is 36.6. The standard InChI is InChI=1S/C46H88O6/c1-6-7-8-9-10-11-12-15-21-26-31-36-44(47)50-39-43(52-46(49)38-33-28-23-18-17-20-25-30-35-42(4)5)40-51-45(48)37-32-27-22-16-13-14-19-24-29-34-41(2)3/h41-43H,6-40H2,1-5H3/t43-/m1/s1. The molecule has 308 valence electrons. The number of hydrogen-bond acceptors (Lipinski definition) is 6. The lowest BCUT2D eigenvalue weighted by atomic mass is 10.0. The minimum absolute atomic E-state index is 0.0653. The summed E-state index contributed by atoms with van der Waals surface area (Å²) in [6, 6.07) is 0. The zero-order chi connectivity index (χ0) is 38.3. The van der Waals surface area contributed by atoms with E-state index in [0.29, 0.717) is 19.3 Å². The zero-order valence-electron chi connectivity index (χ0n) is 35.4. The van der Waals surface area contributed by atoms with Gasteiger partial charge in [0.2, 0.25) is 0 Å². The Bertz CT molecular complexity index is 794. The molecule has 0 aromatic carbocycles. The molecule has 0 aliphatic heterocycles. The maximum absolute atomic E-state index is 12.7. The topological polar surface area (TPSA) is 78.9 Å². The highest BCUT2D eigenvalue weighted by Crippen LogP contribution is 2.16. The summed E-state index contributed by atoms with van der Waals surface area (Å²) in [5.74, 6) is 0.741. The van der Waals surface area contributed by atoms with Crippen molar-refractivity contribution in [3.63, 3.8) is 0 Å². The van der Waals surface area contributed by atoms with E-state index in [0.717, 1.165) is 69.6 Å². The maximum Gasteiger partial charge on any atom is 0.306 e. The molecule has 0 amide bonds. The minimum Gasteiger partial charge on any atom is -0.462 e. The first kappa shape index (κ1) is 50.4. The third-order valence-electron chi connectivity index (χ3n) is 10.2. The zero-order valence-corrected chi connectivity index (χ0v) is 35.4. The van der Waals surface area contributed by atoms with Gasteiger partial charge >= 0.3 is 17.9 Å². The summed E-state index contributed by atoms with van der Waals surface area (Å²) in [7, 11) is 0. The Balaban J connectivity index is 4.34. The third kappa shape index (κ3) is 39.6. The number of unbranched alkanes of at least 4 members (excludes halogenated alkanes) is 25. The highest BCUT2D eigenvalue weighted by Gasteiger charge is 2.19. The highest BCUT2D eigenvalue weighted by atomic mass is 16.6. The normalized spacial score (nSPS) is 12.1. The van der Waals surface area contributed by atoms with Crippen LogP contribution in [0.4, 0.5) is 0 Å². The molecule has 52 heavy (non-hydrogen) atoms. The Labute approximate surface area is 323 Å². The molecule has 0 N–H and O–H groups in total. The molecular formula is C46H88O6. The van der Waals surface area contributed by atoms with Gasteiger partial charge in [-0.3, -0.25) is 14.4 Å². The fourth-order valence-corrected chi connectivity index (χ4v) is 6.75. The molecular weight excluding hydrogens is 648 g/mol. The molecule has 0 bridgehead atoms. The van der Waals surface area contributed by atoms with Crippen LogP contribution in [0.15, 0.2) is 0 Å². The Kier molecular flexibility index (Phi) is 37.9. The van der Waals surface area contributed by atoms with Crippen molar-refractivity contribution in [2.24, 2.45) is 11.8 Å². The molecule has 0 unspecified atom stereocenters. The third-order valence-corrected chi connectivity index (χ3v) is 10.2. The Morgan fingerprint density at radius 3 is 0.942 bits per heavy atom. The first-order valence-electron chi connectivity index (χ1n) is 22.7. The lowest BCUT2D eigenvalue weighted by molar-refractivity contribution is -0.167. The average Bonchev–Trinajstić information content (AvgIpc) is 3.11. The van der Waals surface area contributed by atoms with E-state index in [1.54, 1.807) is 0 Å². The summed E-state index contributed by atoms with van der Waals surface area (Å²) >= 11 is 0. The van der Waals surface area contributed by atoms with Crippen molar-refractivity contribution < 1.29 is 28.6 Å². The Morgan fingerprint density at radius 2 is 0.635 bits per heavy atom. The second-order valence-electron chi connectivity index (χ2n) is 16.6. The van der Waals surface area contributed by atoms with Gasteiger partial charge in [-0.2, -0.15) is 0 Å². The number of rotatable bonds is 40. The molecule has 0 radical (unpaired) electrons. The largest absolute Gasteiger partial charge is 0.462 e. The second-order valence-corrected chi connectivity index (χ2v) is 16.6. The molecule has 6 heteroatoms. The van der Waals surface area contributed by atoms with Crippen molar-refractivity contribution in [1.29, 1.82) is 0 Å². The molecule has 0 saturated carbocycles. The highest BCUT2D eigenvalue weighted by molar-refractivity contribution is 5.71. The molecule has 0 heterocycles. The van der Waals surface area contributed by atoms with Crippen molar-refractivity contribution in [3.8, 4) is 0 Å². The average molecular weight is 737 g/mol. The first-order chi connectivity index (χ1) is 25.2. The number of carbonyl (C=O) groups is 3. The lowest BCUT2D eigenvalue weighted by Gasteiger charge is -2.18. The summed E-state index contributed by atoms with van der Waals surface area (Å²) in [6.45, 7) is 11.3. The molecule has 0 aliphatic rings. The minimum atomic E-state index is -0.760. The van der Waals surface area contributed by atoms with E-state index in [9.17, 15) is 14.4 Å². The monoisotopic (exact) mass is 737 g/mol. The van der Waals surface area contributed by atoms with Crippen LogP contribution in [0.5, 0.6) is 0 Å². The van der Waals surface area contributed by atoms with E-state index in [1.807, 2.05) is 0 Å². The van der Waals surface area contributed by atoms with Gasteiger partial charge in [0.25, 0.3) is 0 Å². The van der Waals surface area contributed by atoms with Crippen LogP contribution in [-0.4, -0.2) is 37.2 Å². The van der Waals surface area contributed by atoms with Crippen molar-refractivity contribution in [2.45, 2.75) is 253 Å². The van der Waals surface area contributed by atoms with Crippen LogP contribution in [0.25, 0.3) is 0 Å². The van der Waals surface area contributed by atoms with Crippen LogP contribution in [0, 0.1) is 11.8 Å². The van der Waals surface area contributed by atoms with E-state index in [-0.39, 0.29) is 31.1 Å². The van der Waals surface area contributed by atoms with Crippen LogP contribution >= 0.6 is 0 Å². The molecule has 0 spiro atoms. The molecule has 0 aromatic rings. The first-order valence-corrected chi connectivity index (χ1v) is 22.7. The lowest BCUT2D eigenvalue weighted by Crippen LogP contribution is -2.30. The van der Waals surface area contributed by atoms with Gasteiger partial charge in [-0.05, 0) is 31.1 Å². The predicted octanol–water partition coefficient (Wildman–Crippen LogP) is 14.2. The molecule has 0 fully saturated rings. The van der Waals surface area contributed by atoms with E-state index >= 15 is 0 Å². The van der Waals surface area contributed by atoms with E-state index < -0.39 is 6.10 Å². The van der Waals surface area contributed by atoms with Crippen LogP contribution in [0.3, 0.4) is 0 Å². The molecule has 6 nitrogen and oxygen atoms in total.